The summed E-state index contributed by atoms with van der Waals surface area (Å²) in [5.74, 6) is 0.634. The molecule has 1 aromatic rings. The minimum Gasteiger partial charge on any atom is -0.493 e. The van der Waals surface area contributed by atoms with E-state index in [9.17, 15) is 9.59 Å². The Bertz CT molecular complexity index is 594. The van der Waals surface area contributed by atoms with Crippen LogP contribution >= 0.6 is 0 Å². The molecule has 1 amide bonds. The van der Waals surface area contributed by atoms with Crippen molar-refractivity contribution >= 4 is 12.1 Å². The van der Waals surface area contributed by atoms with E-state index in [1.807, 2.05) is 0 Å². The fourth-order valence-electron chi connectivity index (χ4n) is 2.07. The van der Waals surface area contributed by atoms with Gasteiger partial charge in [-0.25, -0.2) is 4.79 Å². The first-order chi connectivity index (χ1) is 11.7. The number of ether oxygens (including phenoxy) is 4. The monoisotopic (exact) mass is 353 g/mol. The molecule has 0 aliphatic rings. The molecule has 0 aliphatic carbocycles. The Hall–Kier alpha value is -2.44. The molecule has 7 nitrogen and oxygen atoms in total. The van der Waals surface area contributed by atoms with Gasteiger partial charge in [0.05, 0.1) is 20.8 Å². The van der Waals surface area contributed by atoms with E-state index in [0.29, 0.717) is 11.5 Å². The molecule has 7 heteroatoms. The summed E-state index contributed by atoms with van der Waals surface area (Å²) in [6.07, 6.45) is -0.588. The zero-order chi connectivity index (χ0) is 19.0. The molecule has 0 saturated heterocycles. The molecule has 25 heavy (non-hydrogen) atoms. The molecule has 140 valence electrons. The highest BCUT2D eigenvalue weighted by atomic mass is 16.6. The van der Waals surface area contributed by atoms with Crippen LogP contribution < -0.4 is 9.47 Å². The molecule has 0 heterocycles. The van der Waals surface area contributed by atoms with Crippen LogP contribution in [-0.4, -0.2) is 49.9 Å². The number of benzene rings is 1. The summed E-state index contributed by atoms with van der Waals surface area (Å²) in [5.41, 5.74) is 0.106. The molecule has 0 atom stereocenters. The molecule has 0 N–H and O–H groups in total. The molecular formula is C18H27NO6. The van der Waals surface area contributed by atoms with E-state index in [-0.39, 0.29) is 19.7 Å². The molecule has 1 rings (SSSR count). The zero-order valence-electron chi connectivity index (χ0n) is 15.8. The van der Waals surface area contributed by atoms with Gasteiger partial charge in [-0.3, -0.25) is 9.69 Å². The Morgan fingerprint density at radius 1 is 1.08 bits per heavy atom. The van der Waals surface area contributed by atoms with Gasteiger partial charge in [-0.15, -0.1) is 0 Å². The number of hydrogen-bond acceptors (Lipinski definition) is 6. The molecule has 0 spiro atoms. The van der Waals surface area contributed by atoms with Crippen LogP contribution in [0.4, 0.5) is 4.79 Å². The smallest absolute Gasteiger partial charge is 0.411 e. The lowest BCUT2D eigenvalue weighted by atomic mass is 10.2. The highest BCUT2D eigenvalue weighted by Crippen LogP contribution is 2.28. The summed E-state index contributed by atoms with van der Waals surface area (Å²) in [7, 11) is 3.08. The van der Waals surface area contributed by atoms with Crippen molar-refractivity contribution in [3.8, 4) is 11.5 Å². The predicted octanol–water partition coefficient (Wildman–Crippen LogP) is 3.00. The Labute approximate surface area is 148 Å². The molecule has 0 aromatic heterocycles. The summed E-state index contributed by atoms with van der Waals surface area (Å²) in [6, 6.07) is 5.29. The Morgan fingerprint density at radius 2 is 1.72 bits per heavy atom. The van der Waals surface area contributed by atoms with Gasteiger partial charge in [-0.05, 0) is 45.4 Å². The Morgan fingerprint density at radius 3 is 2.24 bits per heavy atom. The van der Waals surface area contributed by atoms with Gasteiger partial charge in [-0.2, -0.15) is 0 Å². The average molecular weight is 353 g/mol. The minimum absolute atomic E-state index is 0.175. The molecule has 0 saturated carbocycles. The van der Waals surface area contributed by atoms with Gasteiger partial charge in [0, 0.05) is 6.54 Å². The first-order valence-electron chi connectivity index (χ1n) is 8.04. The topological polar surface area (TPSA) is 74.3 Å². The molecule has 0 fully saturated rings. The van der Waals surface area contributed by atoms with Gasteiger partial charge in [-0.1, -0.05) is 6.07 Å². The minimum atomic E-state index is -0.665. The van der Waals surface area contributed by atoms with E-state index in [2.05, 4.69) is 0 Å². The van der Waals surface area contributed by atoms with E-state index in [0.717, 1.165) is 5.56 Å². The van der Waals surface area contributed by atoms with Crippen molar-refractivity contribution in [3.63, 3.8) is 0 Å². The van der Waals surface area contributed by atoms with Gasteiger partial charge in [0.25, 0.3) is 0 Å². The maximum absolute atomic E-state index is 12.4. The third kappa shape index (κ3) is 6.91. The standard InChI is InChI=1S/C18H27NO6/c1-7-24-16(20)12-19(17(21)25-18(2,3)4)11-13-8-9-14(22-5)15(10-13)23-6/h8-10H,7,11-12H2,1-6H3. The number of nitrogens with zero attached hydrogens (tertiary/aromatic N) is 1. The normalized spacial score (nSPS) is 10.8. The van der Waals surface area contributed by atoms with Gasteiger partial charge >= 0.3 is 12.1 Å². The van der Waals surface area contributed by atoms with Crippen molar-refractivity contribution in [1.82, 2.24) is 4.90 Å². The van der Waals surface area contributed by atoms with Crippen molar-refractivity contribution in [1.29, 1.82) is 0 Å². The summed E-state index contributed by atoms with van der Waals surface area (Å²) in [4.78, 5) is 25.5. The maximum atomic E-state index is 12.4. The summed E-state index contributed by atoms with van der Waals surface area (Å²) in [5, 5.41) is 0. The quantitative estimate of drug-likeness (QED) is 0.702. The van der Waals surface area contributed by atoms with E-state index < -0.39 is 17.7 Å². The SMILES string of the molecule is CCOC(=O)CN(Cc1ccc(OC)c(OC)c1)C(=O)OC(C)(C)C. The zero-order valence-corrected chi connectivity index (χ0v) is 15.8. The summed E-state index contributed by atoms with van der Waals surface area (Å²) in [6.45, 7) is 7.24. The third-order valence-electron chi connectivity index (χ3n) is 3.10. The fourth-order valence-corrected chi connectivity index (χ4v) is 2.07. The lowest BCUT2D eigenvalue weighted by Gasteiger charge is -2.27. The number of amides is 1. The number of carbonyl (C=O) groups is 2. The van der Waals surface area contributed by atoms with Crippen LogP contribution in [0.5, 0.6) is 11.5 Å². The van der Waals surface area contributed by atoms with Crippen LogP contribution in [0.1, 0.15) is 33.3 Å². The van der Waals surface area contributed by atoms with Crippen LogP contribution in [0.2, 0.25) is 0 Å². The summed E-state index contributed by atoms with van der Waals surface area (Å²) >= 11 is 0. The molecule has 0 aliphatic heterocycles. The first-order valence-corrected chi connectivity index (χ1v) is 8.04. The number of rotatable bonds is 7. The van der Waals surface area contributed by atoms with Crippen molar-refractivity contribution in [2.24, 2.45) is 0 Å². The third-order valence-corrected chi connectivity index (χ3v) is 3.10. The molecule has 1 aromatic carbocycles. The first kappa shape index (κ1) is 20.6. The highest BCUT2D eigenvalue weighted by Gasteiger charge is 2.25. The van der Waals surface area contributed by atoms with E-state index in [4.69, 9.17) is 18.9 Å². The van der Waals surface area contributed by atoms with Crippen LogP contribution in [0.25, 0.3) is 0 Å². The van der Waals surface area contributed by atoms with Crippen LogP contribution in [0, 0.1) is 0 Å². The lowest BCUT2D eigenvalue weighted by Crippen LogP contribution is -2.39. The second kappa shape index (κ2) is 9.15. The number of methoxy groups -OCH3 is 2. The molecule has 0 unspecified atom stereocenters. The van der Waals surface area contributed by atoms with Crippen molar-refractivity contribution < 1.29 is 28.5 Å². The number of carbonyl (C=O) groups excluding carboxylic acids is 2. The van der Waals surface area contributed by atoms with E-state index >= 15 is 0 Å². The second-order valence-electron chi connectivity index (χ2n) is 6.33. The Kier molecular flexibility index (Phi) is 7.54. The van der Waals surface area contributed by atoms with Crippen LogP contribution in [0.3, 0.4) is 0 Å². The summed E-state index contributed by atoms with van der Waals surface area (Å²) < 4.78 is 20.8. The van der Waals surface area contributed by atoms with Crippen molar-refractivity contribution in [2.45, 2.75) is 39.8 Å². The van der Waals surface area contributed by atoms with E-state index in [1.165, 1.54) is 12.0 Å². The van der Waals surface area contributed by atoms with Crippen LogP contribution in [0.15, 0.2) is 18.2 Å². The Balaban J connectivity index is 2.99. The second-order valence-corrected chi connectivity index (χ2v) is 6.33. The molecule has 0 bridgehead atoms. The van der Waals surface area contributed by atoms with Gasteiger partial charge in [0.2, 0.25) is 0 Å². The fraction of sp³-hybridized carbons (Fsp3) is 0.556. The highest BCUT2D eigenvalue weighted by molar-refractivity contribution is 5.78. The maximum Gasteiger partial charge on any atom is 0.411 e. The largest absolute Gasteiger partial charge is 0.493 e. The van der Waals surface area contributed by atoms with Crippen LogP contribution in [-0.2, 0) is 20.8 Å². The van der Waals surface area contributed by atoms with Crippen molar-refractivity contribution in [3.05, 3.63) is 23.8 Å². The van der Waals surface area contributed by atoms with Gasteiger partial charge in [0.15, 0.2) is 11.5 Å². The van der Waals surface area contributed by atoms with Gasteiger partial charge < -0.3 is 18.9 Å². The number of esters is 1. The average Bonchev–Trinajstić information content (AvgIpc) is 2.52. The van der Waals surface area contributed by atoms with Gasteiger partial charge in [0.1, 0.15) is 12.1 Å². The lowest BCUT2D eigenvalue weighted by molar-refractivity contribution is -0.144. The van der Waals surface area contributed by atoms with E-state index in [1.54, 1.807) is 53.0 Å². The predicted molar refractivity (Wildman–Crippen MR) is 92.8 cm³/mol. The number of hydrogen-bond donors (Lipinski definition) is 0. The van der Waals surface area contributed by atoms with Crippen molar-refractivity contribution in [2.75, 3.05) is 27.4 Å². The molecule has 0 radical (unpaired) electrons. The molecular weight excluding hydrogens is 326 g/mol.